The lowest BCUT2D eigenvalue weighted by molar-refractivity contribution is 0.196. The fourth-order valence-corrected chi connectivity index (χ4v) is 4.58. The normalized spacial score (nSPS) is 14.3. The fourth-order valence-electron chi connectivity index (χ4n) is 4.16. The molecule has 1 saturated heterocycles. The lowest BCUT2D eigenvalue weighted by Crippen LogP contribution is -2.46. The Balaban J connectivity index is 1.19. The summed E-state index contributed by atoms with van der Waals surface area (Å²) < 4.78 is 11.2. The van der Waals surface area contributed by atoms with Gasteiger partial charge in [0.15, 0.2) is 0 Å². The third-order valence-corrected chi connectivity index (χ3v) is 6.83. The van der Waals surface area contributed by atoms with Gasteiger partial charge in [0, 0.05) is 49.7 Å². The number of unbranched alkanes of at least 4 members (excludes halogenated alkanes) is 1. The number of ether oxygens (including phenoxy) is 2. The summed E-state index contributed by atoms with van der Waals surface area (Å²) in [5.74, 6) is 1.02. The van der Waals surface area contributed by atoms with Gasteiger partial charge in [-0.25, -0.2) is 9.78 Å². The van der Waals surface area contributed by atoms with E-state index in [0.29, 0.717) is 16.7 Å². The lowest BCUT2D eigenvalue weighted by Gasteiger charge is -2.36. The van der Waals surface area contributed by atoms with Gasteiger partial charge >= 0.3 is 6.09 Å². The SMILES string of the molecule is CC(C)NC(=O)Oc1ccc2ccc(OCCCCN3CCN(c4cccc(Cl)c4Cl)CC3)cc2n1. The quantitative estimate of drug-likeness (QED) is 0.341. The Morgan fingerprint density at radius 3 is 2.61 bits per heavy atom. The molecular weight excluding hydrogens is 499 g/mol. The Hall–Kier alpha value is -2.74. The van der Waals surface area contributed by atoms with Crippen LogP contribution >= 0.6 is 23.2 Å². The van der Waals surface area contributed by atoms with Crippen molar-refractivity contribution in [2.45, 2.75) is 32.7 Å². The molecule has 1 fully saturated rings. The maximum Gasteiger partial charge on any atom is 0.414 e. The van der Waals surface area contributed by atoms with Crippen molar-refractivity contribution in [3.63, 3.8) is 0 Å². The van der Waals surface area contributed by atoms with Crippen LogP contribution in [0.4, 0.5) is 10.5 Å². The summed E-state index contributed by atoms with van der Waals surface area (Å²) in [5, 5.41) is 4.87. The molecule has 36 heavy (non-hydrogen) atoms. The standard InChI is InChI=1S/C27H32Cl2N4O3/c1-19(2)30-27(34)36-25-11-9-20-8-10-21(18-23(20)31-25)35-17-4-3-12-32-13-15-33(16-14-32)24-7-5-6-22(28)26(24)29/h5-11,18-19H,3-4,12-17H2,1-2H3,(H,30,34). The van der Waals surface area contributed by atoms with Crippen LogP contribution in [-0.4, -0.2) is 61.3 Å². The van der Waals surface area contributed by atoms with Gasteiger partial charge in [-0.3, -0.25) is 4.90 Å². The zero-order valence-corrected chi connectivity index (χ0v) is 22.2. The van der Waals surface area contributed by atoms with Gasteiger partial charge in [-0.15, -0.1) is 0 Å². The molecule has 2 aromatic carbocycles. The first kappa shape index (κ1) is 26.3. The molecule has 9 heteroatoms. The van der Waals surface area contributed by atoms with Crippen molar-refractivity contribution in [2.24, 2.45) is 0 Å². The predicted molar refractivity (Wildman–Crippen MR) is 146 cm³/mol. The van der Waals surface area contributed by atoms with Gasteiger partial charge in [0.2, 0.25) is 5.88 Å². The molecule has 4 rings (SSSR count). The Morgan fingerprint density at radius 2 is 1.83 bits per heavy atom. The number of benzene rings is 2. The van der Waals surface area contributed by atoms with Gasteiger partial charge in [-0.2, -0.15) is 0 Å². The first-order valence-electron chi connectivity index (χ1n) is 12.3. The van der Waals surface area contributed by atoms with Crippen LogP contribution in [0.2, 0.25) is 10.0 Å². The molecule has 0 atom stereocenters. The van der Waals surface area contributed by atoms with E-state index in [1.54, 1.807) is 6.07 Å². The van der Waals surface area contributed by atoms with Crippen molar-refractivity contribution in [1.82, 2.24) is 15.2 Å². The van der Waals surface area contributed by atoms with Crippen molar-refractivity contribution in [2.75, 3.05) is 44.2 Å². The van der Waals surface area contributed by atoms with Crippen LogP contribution in [0.3, 0.4) is 0 Å². The Bertz CT molecular complexity index is 1180. The monoisotopic (exact) mass is 530 g/mol. The average molecular weight is 531 g/mol. The number of rotatable bonds is 9. The van der Waals surface area contributed by atoms with Crippen LogP contribution in [0.5, 0.6) is 11.6 Å². The molecule has 1 N–H and O–H groups in total. The van der Waals surface area contributed by atoms with Crippen LogP contribution in [0.15, 0.2) is 48.5 Å². The number of aromatic nitrogens is 1. The number of nitrogens with zero attached hydrogens (tertiary/aromatic N) is 3. The highest BCUT2D eigenvalue weighted by molar-refractivity contribution is 6.43. The number of carbonyl (C=O) groups is 1. The van der Waals surface area contributed by atoms with E-state index < -0.39 is 6.09 Å². The molecule has 3 aromatic rings. The molecule has 1 aliphatic heterocycles. The van der Waals surface area contributed by atoms with Gasteiger partial charge < -0.3 is 19.7 Å². The van der Waals surface area contributed by atoms with Crippen LogP contribution < -0.4 is 19.7 Å². The lowest BCUT2D eigenvalue weighted by atomic mass is 10.2. The number of piperazine rings is 1. The van der Waals surface area contributed by atoms with E-state index in [1.165, 1.54) is 0 Å². The highest BCUT2D eigenvalue weighted by atomic mass is 35.5. The van der Waals surface area contributed by atoms with E-state index in [9.17, 15) is 4.79 Å². The molecule has 1 aromatic heterocycles. The third kappa shape index (κ3) is 7.15. The predicted octanol–water partition coefficient (Wildman–Crippen LogP) is 6.02. The first-order chi connectivity index (χ1) is 17.4. The Kier molecular flexibility index (Phi) is 9.13. The van der Waals surface area contributed by atoms with E-state index in [-0.39, 0.29) is 11.9 Å². The zero-order valence-electron chi connectivity index (χ0n) is 20.7. The van der Waals surface area contributed by atoms with Crippen molar-refractivity contribution in [3.8, 4) is 11.6 Å². The number of fused-ring (bicyclic) bond motifs is 1. The molecule has 0 aliphatic carbocycles. The summed E-state index contributed by atoms with van der Waals surface area (Å²) in [4.78, 5) is 21.1. The maximum atomic E-state index is 11.8. The minimum absolute atomic E-state index is 0.00410. The van der Waals surface area contributed by atoms with E-state index in [4.69, 9.17) is 32.7 Å². The molecule has 0 radical (unpaired) electrons. The van der Waals surface area contributed by atoms with E-state index in [1.807, 2.05) is 56.3 Å². The second kappa shape index (κ2) is 12.5. The third-order valence-electron chi connectivity index (χ3n) is 6.02. The van der Waals surface area contributed by atoms with E-state index in [0.717, 1.165) is 67.9 Å². The van der Waals surface area contributed by atoms with E-state index in [2.05, 4.69) is 20.1 Å². The zero-order chi connectivity index (χ0) is 25.5. The van der Waals surface area contributed by atoms with Gasteiger partial charge in [-0.1, -0.05) is 29.3 Å². The second-order valence-corrected chi connectivity index (χ2v) is 9.93. The summed E-state index contributed by atoms with van der Waals surface area (Å²) in [6.07, 6.45) is 1.51. The molecule has 0 spiro atoms. The highest BCUT2D eigenvalue weighted by Crippen LogP contribution is 2.33. The summed E-state index contributed by atoms with van der Waals surface area (Å²) in [6, 6.07) is 15.1. The largest absolute Gasteiger partial charge is 0.494 e. The number of halogens is 2. The first-order valence-corrected chi connectivity index (χ1v) is 13.1. The molecule has 0 saturated carbocycles. The molecule has 1 amide bonds. The summed E-state index contributed by atoms with van der Waals surface area (Å²) >= 11 is 12.5. The van der Waals surface area contributed by atoms with Crippen LogP contribution in [0.25, 0.3) is 10.9 Å². The molecule has 0 unspecified atom stereocenters. The smallest absolute Gasteiger partial charge is 0.414 e. The molecule has 7 nitrogen and oxygen atoms in total. The number of carbonyl (C=O) groups excluding carboxylic acids is 1. The van der Waals surface area contributed by atoms with E-state index >= 15 is 0 Å². The number of anilines is 1. The summed E-state index contributed by atoms with van der Waals surface area (Å²) in [5.41, 5.74) is 1.74. The van der Waals surface area contributed by atoms with Crippen LogP contribution in [0.1, 0.15) is 26.7 Å². The molecule has 0 bridgehead atoms. The Morgan fingerprint density at radius 1 is 1.06 bits per heavy atom. The maximum absolute atomic E-state index is 11.8. The van der Waals surface area contributed by atoms with Crippen molar-refractivity contribution < 1.29 is 14.3 Å². The van der Waals surface area contributed by atoms with Gasteiger partial charge in [0.1, 0.15) is 5.75 Å². The average Bonchev–Trinajstić information content (AvgIpc) is 2.85. The Labute approximate surface area is 222 Å². The van der Waals surface area contributed by atoms with Gasteiger partial charge in [-0.05, 0) is 63.6 Å². The number of hydrogen-bond donors (Lipinski definition) is 1. The van der Waals surface area contributed by atoms with Crippen molar-refractivity contribution in [3.05, 3.63) is 58.6 Å². The van der Waals surface area contributed by atoms with Crippen LogP contribution in [-0.2, 0) is 0 Å². The highest BCUT2D eigenvalue weighted by Gasteiger charge is 2.19. The van der Waals surface area contributed by atoms with Crippen LogP contribution in [0, 0.1) is 0 Å². The van der Waals surface area contributed by atoms with Gasteiger partial charge in [0.25, 0.3) is 0 Å². The number of hydrogen-bond acceptors (Lipinski definition) is 6. The summed E-state index contributed by atoms with van der Waals surface area (Å²) in [7, 11) is 0. The molecule has 192 valence electrons. The number of pyridine rings is 1. The minimum Gasteiger partial charge on any atom is -0.494 e. The second-order valence-electron chi connectivity index (χ2n) is 9.15. The van der Waals surface area contributed by atoms with Crippen molar-refractivity contribution >= 4 is 45.9 Å². The van der Waals surface area contributed by atoms with Gasteiger partial charge in [0.05, 0.1) is 27.9 Å². The molecule has 1 aliphatic rings. The van der Waals surface area contributed by atoms with Crippen molar-refractivity contribution in [1.29, 1.82) is 0 Å². The molecular formula is C27H32Cl2N4O3. The number of nitrogens with one attached hydrogen (secondary N) is 1. The fraction of sp³-hybridized carbons (Fsp3) is 0.407. The molecule has 2 heterocycles. The topological polar surface area (TPSA) is 66.9 Å². The minimum atomic E-state index is -0.515. The number of amides is 1. The summed E-state index contributed by atoms with van der Waals surface area (Å²) in [6.45, 7) is 9.29.